The molecule has 2 aliphatic rings. The molecule has 2 N–H and O–H groups in total. The molecule has 0 radical (unpaired) electrons. The number of aliphatic hydroxyl groups is 1. The third-order valence-electron chi connectivity index (χ3n) is 5.74. The number of hydrogen-bond donors (Lipinski definition) is 2. The van der Waals surface area contributed by atoms with Gasteiger partial charge < -0.3 is 15.2 Å². The standard InChI is InChI=1S/C23H25F2N5O2/c1-22(2,31)19-9-15(5-7-26-19)28-20-10-17(6-8-27-20)32-18-13-30(16-3-4-16)29-21(18)14-11-23(24,25)12-14/h5-10,13-14,16,31H,3-4,11-12H2,1-2H3,(H,26,27,28). The van der Waals surface area contributed by atoms with Gasteiger partial charge >= 0.3 is 0 Å². The monoisotopic (exact) mass is 441 g/mol. The topological polar surface area (TPSA) is 85.1 Å². The zero-order valence-corrected chi connectivity index (χ0v) is 17.9. The molecule has 32 heavy (non-hydrogen) atoms. The highest BCUT2D eigenvalue weighted by atomic mass is 19.3. The number of anilines is 2. The molecule has 168 valence electrons. The average Bonchev–Trinajstić information content (AvgIpc) is 3.47. The first-order valence-electron chi connectivity index (χ1n) is 10.7. The van der Waals surface area contributed by atoms with Crippen LogP contribution in [0.2, 0.25) is 0 Å². The summed E-state index contributed by atoms with van der Waals surface area (Å²) in [7, 11) is 0. The SMILES string of the molecule is CC(C)(O)c1cc(Nc2cc(Oc3cn(C4CC4)nc3C3CC(F)(F)C3)ccn2)ccn1. The number of nitrogens with one attached hydrogen (secondary N) is 1. The van der Waals surface area contributed by atoms with Gasteiger partial charge in [0.1, 0.15) is 22.9 Å². The van der Waals surface area contributed by atoms with E-state index in [-0.39, 0.29) is 18.8 Å². The first-order valence-corrected chi connectivity index (χ1v) is 10.7. The molecule has 0 amide bonds. The fourth-order valence-corrected chi connectivity index (χ4v) is 3.79. The van der Waals surface area contributed by atoms with Crippen LogP contribution >= 0.6 is 0 Å². The lowest BCUT2D eigenvalue weighted by Crippen LogP contribution is -2.34. The van der Waals surface area contributed by atoms with Gasteiger partial charge in [-0.05, 0) is 44.9 Å². The van der Waals surface area contributed by atoms with E-state index in [1.54, 1.807) is 50.5 Å². The molecule has 3 heterocycles. The third kappa shape index (κ3) is 4.43. The Hall–Kier alpha value is -3.07. The van der Waals surface area contributed by atoms with Crippen molar-refractivity contribution in [3.05, 3.63) is 54.2 Å². The fourth-order valence-electron chi connectivity index (χ4n) is 3.79. The van der Waals surface area contributed by atoms with Crippen molar-refractivity contribution >= 4 is 11.5 Å². The molecule has 0 saturated heterocycles. The van der Waals surface area contributed by atoms with E-state index in [0.717, 1.165) is 18.5 Å². The van der Waals surface area contributed by atoms with Crippen molar-refractivity contribution in [1.82, 2.24) is 19.7 Å². The maximum atomic E-state index is 13.5. The third-order valence-corrected chi connectivity index (χ3v) is 5.74. The molecule has 0 aliphatic heterocycles. The average molecular weight is 441 g/mol. The summed E-state index contributed by atoms with van der Waals surface area (Å²) in [5.74, 6) is -1.33. The van der Waals surface area contributed by atoms with Crippen molar-refractivity contribution in [1.29, 1.82) is 0 Å². The molecule has 0 aromatic carbocycles. The van der Waals surface area contributed by atoms with Gasteiger partial charge in [-0.25, -0.2) is 13.8 Å². The second kappa shape index (κ2) is 7.51. The Morgan fingerprint density at radius 3 is 2.59 bits per heavy atom. The fraction of sp³-hybridized carbons (Fsp3) is 0.435. The van der Waals surface area contributed by atoms with Gasteiger partial charge in [0.2, 0.25) is 5.92 Å². The Morgan fingerprint density at radius 2 is 1.91 bits per heavy atom. The van der Waals surface area contributed by atoms with Gasteiger partial charge in [0.25, 0.3) is 0 Å². The Balaban J connectivity index is 1.36. The van der Waals surface area contributed by atoms with Crippen LogP contribution in [0.15, 0.2) is 42.9 Å². The van der Waals surface area contributed by atoms with Crippen molar-refractivity contribution in [2.45, 2.75) is 63.0 Å². The number of pyridine rings is 2. The zero-order chi connectivity index (χ0) is 22.5. The highest BCUT2D eigenvalue weighted by molar-refractivity contribution is 5.58. The zero-order valence-electron chi connectivity index (χ0n) is 17.9. The van der Waals surface area contributed by atoms with Crippen LogP contribution in [0.5, 0.6) is 11.5 Å². The molecule has 0 spiro atoms. The molecule has 3 aromatic heterocycles. The maximum Gasteiger partial charge on any atom is 0.249 e. The van der Waals surface area contributed by atoms with Crippen LogP contribution < -0.4 is 10.1 Å². The van der Waals surface area contributed by atoms with Crippen LogP contribution in [-0.2, 0) is 5.60 Å². The van der Waals surface area contributed by atoms with Crippen molar-refractivity contribution in [2.75, 3.05) is 5.32 Å². The molecular weight excluding hydrogens is 416 g/mol. The van der Waals surface area contributed by atoms with E-state index in [0.29, 0.717) is 34.7 Å². The van der Waals surface area contributed by atoms with Crippen molar-refractivity contribution in [3.8, 4) is 11.5 Å². The highest BCUT2D eigenvalue weighted by Crippen LogP contribution is 2.51. The number of halogens is 2. The van der Waals surface area contributed by atoms with Crippen LogP contribution in [0.3, 0.4) is 0 Å². The van der Waals surface area contributed by atoms with Crippen LogP contribution in [-0.4, -0.2) is 30.8 Å². The van der Waals surface area contributed by atoms with E-state index in [1.807, 2.05) is 10.9 Å². The molecule has 3 aromatic rings. The minimum atomic E-state index is -2.62. The van der Waals surface area contributed by atoms with Gasteiger partial charge in [-0.3, -0.25) is 9.67 Å². The van der Waals surface area contributed by atoms with Gasteiger partial charge in [-0.1, -0.05) is 0 Å². The van der Waals surface area contributed by atoms with E-state index >= 15 is 0 Å². The summed E-state index contributed by atoms with van der Waals surface area (Å²) in [6, 6.07) is 7.31. The molecule has 7 nitrogen and oxygen atoms in total. The number of rotatable bonds is 7. The normalized spacial score (nSPS) is 18.3. The summed E-state index contributed by atoms with van der Waals surface area (Å²) < 4.78 is 34.9. The largest absolute Gasteiger partial charge is 0.454 e. The molecule has 2 fully saturated rings. The van der Waals surface area contributed by atoms with Gasteiger partial charge in [-0.15, -0.1) is 0 Å². The lowest BCUT2D eigenvalue weighted by atomic mass is 9.79. The van der Waals surface area contributed by atoms with Crippen LogP contribution in [0, 0.1) is 0 Å². The number of ether oxygens (including phenoxy) is 1. The Kier molecular flexibility index (Phi) is 4.88. The maximum absolute atomic E-state index is 13.5. The van der Waals surface area contributed by atoms with Gasteiger partial charge in [-0.2, -0.15) is 5.10 Å². The lowest BCUT2D eigenvalue weighted by Gasteiger charge is -2.34. The number of alkyl halides is 2. The molecule has 5 rings (SSSR count). The number of nitrogens with zero attached hydrogens (tertiary/aromatic N) is 4. The summed E-state index contributed by atoms with van der Waals surface area (Å²) in [6.07, 6.45) is 6.74. The summed E-state index contributed by atoms with van der Waals surface area (Å²) in [4.78, 5) is 8.52. The first-order chi connectivity index (χ1) is 15.2. The van der Waals surface area contributed by atoms with E-state index in [4.69, 9.17) is 4.74 Å². The molecule has 9 heteroatoms. The predicted octanol–water partition coefficient (Wildman–Crippen LogP) is 5.28. The van der Waals surface area contributed by atoms with E-state index < -0.39 is 11.5 Å². The molecular formula is C23H25F2N5O2. The lowest BCUT2D eigenvalue weighted by molar-refractivity contribution is -0.0879. The minimum absolute atomic E-state index is 0.195. The molecule has 0 atom stereocenters. The smallest absolute Gasteiger partial charge is 0.249 e. The molecule has 2 saturated carbocycles. The Morgan fingerprint density at radius 1 is 1.16 bits per heavy atom. The Labute approximate surface area is 184 Å². The predicted molar refractivity (Wildman–Crippen MR) is 114 cm³/mol. The van der Waals surface area contributed by atoms with Crippen LogP contribution in [0.1, 0.15) is 62.9 Å². The second-order valence-electron chi connectivity index (χ2n) is 9.14. The summed E-state index contributed by atoms with van der Waals surface area (Å²) in [5, 5.41) is 17.9. The van der Waals surface area contributed by atoms with Crippen LogP contribution in [0.4, 0.5) is 20.3 Å². The highest BCUT2D eigenvalue weighted by Gasteiger charge is 2.48. The van der Waals surface area contributed by atoms with Gasteiger partial charge in [0.15, 0.2) is 5.75 Å². The van der Waals surface area contributed by atoms with E-state index in [2.05, 4.69) is 20.4 Å². The van der Waals surface area contributed by atoms with Crippen molar-refractivity contribution in [3.63, 3.8) is 0 Å². The summed E-state index contributed by atoms with van der Waals surface area (Å²) >= 11 is 0. The second-order valence-corrected chi connectivity index (χ2v) is 9.14. The molecule has 0 unspecified atom stereocenters. The Bertz CT molecular complexity index is 1130. The van der Waals surface area contributed by atoms with E-state index in [1.165, 1.54) is 0 Å². The van der Waals surface area contributed by atoms with Crippen LogP contribution in [0.25, 0.3) is 0 Å². The minimum Gasteiger partial charge on any atom is -0.454 e. The number of hydrogen-bond acceptors (Lipinski definition) is 6. The molecule has 0 bridgehead atoms. The van der Waals surface area contributed by atoms with Gasteiger partial charge in [0.05, 0.1) is 17.9 Å². The molecule has 2 aliphatic carbocycles. The van der Waals surface area contributed by atoms with E-state index in [9.17, 15) is 13.9 Å². The van der Waals surface area contributed by atoms with Gasteiger partial charge in [0, 0.05) is 42.9 Å². The summed E-state index contributed by atoms with van der Waals surface area (Å²) in [5.41, 5.74) is 0.787. The summed E-state index contributed by atoms with van der Waals surface area (Å²) in [6.45, 7) is 3.34. The van der Waals surface area contributed by atoms with Crippen molar-refractivity contribution < 1.29 is 18.6 Å². The number of aromatic nitrogens is 4. The quantitative estimate of drug-likeness (QED) is 0.519. The first kappa shape index (κ1) is 20.8. The van der Waals surface area contributed by atoms with Crippen molar-refractivity contribution in [2.24, 2.45) is 0 Å².